The van der Waals surface area contributed by atoms with Gasteiger partial charge in [0.05, 0.1) is 0 Å². The second kappa shape index (κ2) is 6.33. The molecule has 0 saturated heterocycles. The molecule has 5 heteroatoms. The fourth-order valence-electron chi connectivity index (χ4n) is 1.84. The Kier molecular flexibility index (Phi) is 4.52. The molecular formula is C14H19N3O2. The number of hydrogen-bond acceptors (Lipinski definition) is 5. The van der Waals surface area contributed by atoms with Crippen LogP contribution in [0.1, 0.15) is 32.2 Å². The number of hydrogen-bond donors (Lipinski definition) is 1. The van der Waals surface area contributed by atoms with Crippen molar-refractivity contribution in [3.05, 3.63) is 30.1 Å². The molecule has 5 nitrogen and oxygen atoms in total. The summed E-state index contributed by atoms with van der Waals surface area (Å²) in [6.45, 7) is 4.64. The van der Waals surface area contributed by atoms with Crippen LogP contribution >= 0.6 is 0 Å². The van der Waals surface area contributed by atoms with Gasteiger partial charge in [-0.25, -0.2) is 0 Å². The van der Waals surface area contributed by atoms with Gasteiger partial charge in [0.25, 0.3) is 5.89 Å². The highest BCUT2D eigenvalue weighted by atomic mass is 16.5. The number of rotatable bonds is 6. The highest BCUT2D eigenvalue weighted by molar-refractivity contribution is 5.58. The van der Waals surface area contributed by atoms with Gasteiger partial charge in [-0.3, -0.25) is 0 Å². The van der Waals surface area contributed by atoms with E-state index in [-0.39, 0.29) is 6.10 Å². The van der Waals surface area contributed by atoms with Gasteiger partial charge in [0, 0.05) is 24.9 Å². The number of anilines is 1. The molecule has 0 aliphatic carbocycles. The minimum Gasteiger partial charge on any atom is -0.388 e. The molecule has 2 rings (SSSR count). The summed E-state index contributed by atoms with van der Waals surface area (Å²) in [6.07, 6.45) is 0.727. The fraction of sp³-hybridized carbons (Fsp3) is 0.429. The van der Waals surface area contributed by atoms with Gasteiger partial charge in [0.2, 0.25) is 5.82 Å². The van der Waals surface area contributed by atoms with Crippen molar-refractivity contribution in [3.63, 3.8) is 0 Å². The van der Waals surface area contributed by atoms with Gasteiger partial charge in [-0.2, -0.15) is 4.98 Å². The van der Waals surface area contributed by atoms with Crippen molar-refractivity contribution in [2.24, 2.45) is 0 Å². The van der Waals surface area contributed by atoms with E-state index in [1.54, 1.807) is 0 Å². The first kappa shape index (κ1) is 13.5. The largest absolute Gasteiger partial charge is 0.388 e. The Labute approximate surface area is 113 Å². The van der Waals surface area contributed by atoms with Crippen LogP contribution in [-0.4, -0.2) is 23.8 Å². The summed E-state index contributed by atoms with van der Waals surface area (Å²) in [5.74, 6) is 1.13. The van der Waals surface area contributed by atoms with Crippen LogP contribution in [-0.2, 0) is 4.74 Å². The van der Waals surface area contributed by atoms with E-state index < -0.39 is 0 Å². The zero-order valence-electron chi connectivity index (χ0n) is 11.5. The molecule has 1 aromatic heterocycles. The summed E-state index contributed by atoms with van der Waals surface area (Å²) < 4.78 is 10.9. The quantitative estimate of drug-likeness (QED) is 0.864. The number of benzene rings is 1. The third kappa shape index (κ3) is 3.12. The molecule has 1 heterocycles. The molecule has 1 atom stereocenters. The van der Waals surface area contributed by atoms with Crippen LogP contribution in [0, 0.1) is 0 Å². The predicted octanol–water partition coefficient (Wildman–Crippen LogP) is 3.27. The van der Waals surface area contributed by atoms with Crippen LogP contribution in [0.2, 0.25) is 0 Å². The molecule has 0 spiro atoms. The zero-order valence-corrected chi connectivity index (χ0v) is 11.5. The molecule has 1 aromatic carbocycles. The second-order valence-electron chi connectivity index (χ2n) is 4.14. The maximum Gasteiger partial charge on any atom is 0.258 e. The van der Waals surface area contributed by atoms with E-state index in [0.29, 0.717) is 18.3 Å². The van der Waals surface area contributed by atoms with Crippen molar-refractivity contribution >= 4 is 5.69 Å². The van der Waals surface area contributed by atoms with Gasteiger partial charge in [0.15, 0.2) is 0 Å². The van der Waals surface area contributed by atoms with Crippen molar-refractivity contribution in [2.75, 3.05) is 19.0 Å². The summed E-state index contributed by atoms with van der Waals surface area (Å²) in [4.78, 5) is 4.40. The summed E-state index contributed by atoms with van der Waals surface area (Å²) in [5.41, 5.74) is 1.95. The molecule has 1 N–H and O–H groups in total. The Morgan fingerprint density at radius 1 is 1.26 bits per heavy atom. The van der Waals surface area contributed by atoms with Gasteiger partial charge in [-0.05, 0) is 37.6 Å². The fourth-order valence-corrected chi connectivity index (χ4v) is 1.84. The average molecular weight is 261 g/mol. The van der Waals surface area contributed by atoms with Gasteiger partial charge in [0.1, 0.15) is 6.10 Å². The van der Waals surface area contributed by atoms with E-state index in [4.69, 9.17) is 9.26 Å². The SMILES string of the molecule is CCOC(CC)c1noc(-c2ccc(NC)cc2)n1. The molecule has 0 aliphatic rings. The average Bonchev–Trinajstić information content (AvgIpc) is 2.94. The van der Waals surface area contributed by atoms with Crippen molar-refractivity contribution in [3.8, 4) is 11.5 Å². The monoisotopic (exact) mass is 261 g/mol. The van der Waals surface area contributed by atoms with Gasteiger partial charge in [-0.15, -0.1) is 0 Å². The van der Waals surface area contributed by atoms with Crippen LogP contribution in [0.5, 0.6) is 0 Å². The van der Waals surface area contributed by atoms with Crippen LogP contribution < -0.4 is 5.32 Å². The summed E-state index contributed by atoms with van der Waals surface area (Å²) in [6, 6.07) is 7.84. The molecule has 0 bridgehead atoms. The molecular weight excluding hydrogens is 242 g/mol. The van der Waals surface area contributed by atoms with Crippen LogP contribution in [0.4, 0.5) is 5.69 Å². The number of nitrogens with one attached hydrogen (secondary N) is 1. The van der Waals surface area contributed by atoms with Crippen molar-refractivity contribution in [1.29, 1.82) is 0 Å². The summed E-state index contributed by atoms with van der Waals surface area (Å²) >= 11 is 0. The van der Waals surface area contributed by atoms with E-state index >= 15 is 0 Å². The lowest BCUT2D eigenvalue weighted by Gasteiger charge is -2.09. The molecule has 0 fully saturated rings. The molecule has 0 saturated carbocycles. The molecule has 0 amide bonds. The Bertz CT molecular complexity index is 508. The smallest absolute Gasteiger partial charge is 0.258 e. The van der Waals surface area contributed by atoms with E-state index in [9.17, 15) is 0 Å². The van der Waals surface area contributed by atoms with Crippen LogP contribution in [0.15, 0.2) is 28.8 Å². The lowest BCUT2D eigenvalue weighted by molar-refractivity contribution is 0.0518. The first-order chi connectivity index (χ1) is 9.28. The summed E-state index contributed by atoms with van der Waals surface area (Å²) in [7, 11) is 1.88. The molecule has 102 valence electrons. The number of aromatic nitrogens is 2. The Balaban J connectivity index is 2.19. The Morgan fingerprint density at radius 2 is 2.00 bits per heavy atom. The zero-order chi connectivity index (χ0) is 13.7. The van der Waals surface area contributed by atoms with Crippen molar-refractivity contribution < 1.29 is 9.26 Å². The van der Waals surface area contributed by atoms with E-state index in [1.165, 1.54) is 0 Å². The predicted molar refractivity (Wildman–Crippen MR) is 73.9 cm³/mol. The van der Waals surface area contributed by atoms with E-state index in [2.05, 4.69) is 15.5 Å². The van der Waals surface area contributed by atoms with Gasteiger partial charge >= 0.3 is 0 Å². The standard InChI is InChI=1S/C14H19N3O2/c1-4-12(18-5-2)13-16-14(19-17-13)10-6-8-11(15-3)9-7-10/h6-9,12,15H,4-5H2,1-3H3. The van der Waals surface area contributed by atoms with Gasteiger partial charge in [-0.1, -0.05) is 12.1 Å². The first-order valence-electron chi connectivity index (χ1n) is 6.51. The second-order valence-corrected chi connectivity index (χ2v) is 4.14. The lowest BCUT2D eigenvalue weighted by atomic mass is 10.2. The lowest BCUT2D eigenvalue weighted by Crippen LogP contribution is -2.04. The number of ether oxygens (including phenoxy) is 1. The molecule has 1 unspecified atom stereocenters. The topological polar surface area (TPSA) is 60.2 Å². The maximum atomic E-state index is 5.57. The molecule has 19 heavy (non-hydrogen) atoms. The summed E-state index contributed by atoms with van der Waals surface area (Å²) in [5, 5.41) is 7.07. The number of nitrogens with zero attached hydrogens (tertiary/aromatic N) is 2. The highest BCUT2D eigenvalue weighted by Crippen LogP contribution is 2.23. The first-order valence-corrected chi connectivity index (χ1v) is 6.51. The maximum absolute atomic E-state index is 5.57. The molecule has 0 radical (unpaired) electrons. The Morgan fingerprint density at radius 3 is 2.58 bits per heavy atom. The molecule has 2 aromatic rings. The van der Waals surface area contributed by atoms with Crippen LogP contribution in [0.25, 0.3) is 11.5 Å². The highest BCUT2D eigenvalue weighted by Gasteiger charge is 2.17. The van der Waals surface area contributed by atoms with E-state index in [0.717, 1.165) is 17.7 Å². The third-order valence-electron chi connectivity index (χ3n) is 2.89. The van der Waals surface area contributed by atoms with Crippen molar-refractivity contribution in [2.45, 2.75) is 26.4 Å². The molecule has 0 aliphatic heterocycles. The Hall–Kier alpha value is -1.88. The van der Waals surface area contributed by atoms with Crippen LogP contribution in [0.3, 0.4) is 0 Å². The minimum atomic E-state index is -0.0981. The van der Waals surface area contributed by atoms with Gasteiger partial charge < -0.3 is 14.6 Å². The normalized spacial score (nSPS) is 12.4. The van der Waals surface area contributed by atoms with Crippen molar-refractivity contribution in [1.82, 2.24) is 10.1 Å². The minimum absolute atomic E-state index is 0.0981. The third-order valence-corrected chi connectivity index (χ3v) is 2.89. The van der Waals surface area contributed by atoms with E-state index in [1.807, 2.05) is 45.2 Å².